The van der Waals surface area contributed by atoms with Gasteiger partial charge < -0.3 is 4.90 Å². The van der Waals surface area contributed by atoms with Crippen molar-refractivity contribution in [1.29, 1.82) is 0 Å². The minimum atomic E-state index is -0.724. The van der Waals surface area contributed by atoms with Crippen LogP contribution in [0, 0.1) is 0 Å². The number of rotatable bonds is 7. The standard InChI is InChI=1S/C54H37N/c1-2-11-38(12-3-1)40-21-23-41(24-22-40)42-27-31-48(32-28-42)55(50-17-10-16-45(36-50)46-26-25-39-13-4-5-14-44(39)35-46)49-33-29-43(30-34-49)54-37-47-15-6-7-18-51(47)52-19-8-9-20-53(52)54/h1-37H/i10D,16D,17D,27D,28D,29D,30D,31D,32D,33D,34D,36D. The van der Waals surface area contributed by atoms with E-state index in [1.807, 2.05) is 121 Å². The Morgan fingerprint density at radius 3 is 1.58 bits per heavy atom. The molecule has 0 N–H and O–H groups in total. The molecule has 10 aromatic rings. The van der Waals surface area contributed by atoms with Crippen LogP contribution < -0.4 is 4.90 Å². The van der Waals surface area contributed by atoms with Crippen LogP contribution in [0.3, 0.4) is 0 Å². The summed E-state index contributed by atoms with van der Waals surface area (Å²) in [5.41, 5.74) is 1.12. The zero-order chi connectivity index (χ0) is 47.0. The minimum Gasteiger partial charge on any atom is -0.310 e. The Hall–Kier alpha value is -7.22. The van der Waals surface area contributed by atoms with Gasteiger partial charge in [0.05, 0.1) is 16.4 Å². The number of benzene rings is 10. The quantitative estimate of drug-likeness (QED) is 0.149. The highest BCUT2D eigenvalue weighted by molar-refractivity contribution is 6.13. The normalized spacial score (nSPS) is 14.3. The Morgan fingerprint density at radius 2 is 0.855 bits per heavy atom. The highest BCUT2D eigenvalue weighted by atomic mass is 15.1. The second-order valence-corrected chi connectivity index (χ2v) is 13.2. The maximum atomic E-state index is 9.81. The highest BCUT2D eigenvalue weighted by Gasteiger charge is 2.16. The Balaban J connectivity index is 1.27. The smallest absolute Gasteiger partial charge is 0.0651 e. The molecule has 0 bridgehead atoms. The van der Waals surface area contributed by atoms with Gasteiger partial charge in [0, 0.05) is 17.1 Å². The number of hydrogen-bond donors (Lipinski definition) is 0. The van der Waals surface area contributed by atoms with Crippen molar-refractivity contribution in [2.24, 2.45) is 0 Å². The molecule has 1 nitrogen and oxygen atoms in total. The van der Waals surface area contributed by atoms with Crippen molar-refractivity contribution in [2.75, 3.05) is 4.90 Å². The molecular formula is C54H37N. The Bertz CT molecular complexity index is 3610. The largest absolute Gasteiger partial charge is 0.310 e. The van der Waals surface area contributed by atoms with E-state index in [2.05, 4.69) is 0 Å². The molecule has 0 heterocycles. The molecule has 0 amide bonds. The van der Waals surface area contributed by atoms with E-state index in [4.69, 9.17) is 2.74 Å². The minimum absolute atomic E-state index is 0.0359. The monoisotopic (exact) mass is 711 g/mol. The molecule has 10 rings (SSSR count). The van der Waals surface area contributed by atoms with Gasteiger partial charge in [-0.15, -0.1) is 0 Å². The van der Waals surface area contributed by atoms with E-state index in [0.29, 0.717) is 22.1 Å². The Morgan fingerprint density at radius 1 is 0.309 bits per heavy atom. The molecule has 0 aromatic heterocycles. The van der Waals surface area contributed by atoms with E-state index >= 15 is 0 Å². The molecule has 0 saturated heterocycles. The number of anilines is 3. The van der Waals surface area contributed by atoms with E-state index in [1.54, 1.807) is 30.3 Å². The molecule has 0 aliphatic heterocycles. The average Bonchev–Trinajstić information content (AvgIpc) is 3.35. The predicted octanol–water partition coefficient (Wildman–Crippen LogP) is 15.3. The van der Waals surface area contributed by atoms with Crippen molar-refractivity contribution < 1.29 is 16.4 Å². The van der Waals surface area contributed by atoms with Gasteiger partial charge in [0.25, 0.3) is 0 Å². The fourth-order valence-corrected chi connectivity index (χ4v) is 7.11. The summed E-state index contributed by atoms with van der Waals surface area (Å²) in [7, 11) is 0. The first kappa shape index (κ1) is 22.1. The van der Waals surface area contributed by atoms with Crippen molar-refractivity contribution in [1.82, 2.24) is 0 Å². The summed E-state index contributed by atoms with van der Waals surface area (Å²) in [4.78, 5) is 0.902. The van der Waals surface area contributed by atoms with Crippen LogP contribution in [0.25, 0.3) is 76.8 Å². The fourth-order valence-electron chi connectivity index (χ4n) is 7.11. The SMILES string of the molecule is [2H]c1c([2H])c(-c2ccc3ccccc3c2)c([2H])c(N(c2c([2H])c([2H])c(-c3ccc(-c4ccccc4)cc3)c([2H])c2[2H])c2c([2H])c([2H])c(-c3cc4ccccc4c4ccccc34)c([2H])c2[2H])c1[2H]. The maximum absolute atomic E-state index is 9.81. The molecule has 10 aromatic carbocycles. The lowest BCUT2D eigenvalue weighted by atomic mass is 9.93. The molecule has 1 heteroatoms. The molecule has 0 aliphatic rings. The summed E-state index contributed by atoms with van der Waals surface area (Å²) in [5.74, 6) is 0. The van der Waals surface area contributed by atoms with Crippen LogP contribution in [0.1, 0.15) is 16.4 Å². The zero-order valence-electron chi connectivity index (χ0n) is 41.4. The van der Waals surface area contributed by atoms with Gasteiger partial charge in [0.2, 0.25) is 0 Å². The summed E-state index contributed by atoms with van der Waals surface area (Å²) in [6.07, 6.45) is 0. The van der Waals surface area contributed by atoms with E-state index in [-0.39, 0.29) is 16.7 Å². The van der Waals surface area contributed by atoms with Crippen LogP contribution in [0.4, 0.5) is 17.1 Å². The van der Waals surface area contributed by atoms with Crippen LogP contribution in [-0.4, -0.2) is 0 Å². The lowest BCUT2D eigenvalue weighted by molar-refractivity contribution is 1.28. The Kier molecular flexibility index (Phi) is 5.61. The van der Waals surface area contributed by atoms with E-state index in [1.165, 1.54) is 0 Å². The van der Waals surface area contributed by atoms with Gasteiger partial charge in [-0.05, 0) is 125 Å². The predicted molar refractivity (Wildman–Crippen MR) is 235 cm³/mol. The summed E-state index contributed by atoms with van der Waals surface area (Å²) < 4.78 is 114. The number of fused-ring (bicyclic) bond motifs is 4. The summed E-state index contributed by atoms with van der Waals surface area (Å²) in [6, 6.07) is 39.2. The van der Waals surface area contributed by atoms with Crippen LogP contribution in [-0.2, 0) is 0 Å². The topological polar surface area (TPSA) is 3.24 Å². The van der Waals surface area contributed by atoms with Gasteiger partial charge >= 0.3 is 0 Å². The first-order valence-electron chi connectivity index (χ1n) is 24.0. The number of nitrogens with zero attached hydrogens (tertiary/aromatic N) is 1. The van der Waals surface area contributed by atoms with Gasteiger partial charge in [-0.2, -0.15) is 0 Å². The van der Waals surface area contributed by atoms with Crippen molar-refractivity contribution in [2.45, 2.75) is 0 Å². The van der Waals surface area contributed by atoms with Gasteiger partial charge in [-0.1, -0.05) is 176 Å². The highest BCUT2D eigenvalue weighted by Crippen LogP contribution is 2.40. The van der Waals surface area contributed by atoms with E-state index in [0.717, 1.165) is 43.0 Å². The van der Waals surface area contributed by atoms with Crippen molar-refractivity contribution in [3.05, 3.63) is 224 Å². The molecular weight excluding hydrogens is 663 g/mol. The first-order valence-corrected chi connectivity index (χ1v) is 18.0. The Labute approximate surface area is 338 Å². The summed E-state index contributed by atoms with van der Waals surface area (Å²) >= 11 is 0. The third-order valence-electron chi connectivity index (χ3n) is 9.86. The van der Waals surface area contributed by atoms with Crippen molar-refractivity contribution in [3.8, 4) is 44.5 Å². The molecule has 0 spiro atoms. The third-order valence-corrected chi connectivity index (χ3v) is 9.86. The zero-order valence-corrected chi connectivity index (χ0v) is 29.4. The molecule has 0 unspecified atom stereocenters. The van der Waals surface area contributed by atoms with Gasteiger partial charge in [-0.3, -0.25) is 0 Å². The third kappa shape index (κ3) is 6.22. The molecule has 258 valence electrons. The maximum Gasteiger partial charge on any atom is 0.0651 e. The van der Waals surface area contributed by atoms with Crippen LogP contribution in [0.5, 0.6) is 0 Å². The van der Waals surface area contributed by atoms with Gasteiger partial charge in [-0.25, -0.2) is 0 Å². The lowest BCUT2D eigenvalue weighted by Gasteiger charge is -2.26. The molecule has 55 heavy (non-hydrogen) atoms. The first-order chi connectivity index (χ1) is 32.3. The van der Waals surface area contributed by atoms with E-state index in [9.17, 15) is 13.7 Å². The van der Waals surface area contributed by atoms with Gasteiger partial charge in [0.15, 0.2) is 0 Å². The molecule has 0 aliphatic carbocycles. The second kappa shape index (κ2) is 14.0. The molecule has 0 saturated carbocycles. The lowest BCUT2D eigenvalue weighted by Crippen LogP contribution is -2.10. The van der Waals surface area contributed by atoms with Crippen LogP contribution in [0.2, 0.25) is 0 Å². The summed E-state index contributed by atoms with van der Waals surface area (Å²) in [5, 5.41) is 4.86. The van der Waals surface area contributed by atoms with Gasteiger partial charge in [0.1, 0.15) is 0 Å². The molecule has 0 fully saturated rings. The van der Waals surface area contributed by atoms with Crippen LogP contribution in [0.15, 0.2) is 224 Å². The fraction of sp³-hybridized carbons (Fsp3) is 0. The molecule has 0 atom stereocenters. The average molecular weight is 712 g/mol. The molecule has 0 radical (unpaired) electrons. The second-order valence-electron chi connectivity index (χ2n) is 13.2. The van der Waals surface area contributed by atoms with Crippen LogP contribution >= 0.6 is 0 Å². The van der Waals surface area contributed by atoms with E-state index < -0.39 is 89.6 Å². The number of hydrogen-bond acceptors (Lipinski definition) is 1. The van der Waals surface area contributed by atoms with Crippen molar-refractivity contribution in [3.63, 3.8) is 0 Å². The summed E-state index contributed by atoms with van der Waals surface area (Å²) in [6.45, 7) is 0. The van der Waals surface area contributed by atoms with Crippen molar-refractivity contribution >= 4 is 49.4 Å².